The van der Waals surface area contributed by atoms with Crippen LogP contribution in [0.4, 0.5) is 0 Å². The number of H-pyrrole nitrogens is 1. The molecule has 1 aliphatic heterocycles. The Balaban J connectivity index is 1.45. The second-order valence-electron chi connectivity index (χ2n) is 6.53. The normalized spacial score (nSPS) is 16.8. The predicted octanol–water partition coefficient (Wildman–Crippen LogP) is 3.17. The van der Waals surface area contributed by atoms with Crippen molar-refractivity contribution in [3.8, 4) is 11.6 Å². The second-order valence-corrected chi connectivity index (χ2v) is 6.53. The quantitative estimate of drug-likeness (QED) is 0.784. The molecular weight excluding hydrogens is 330 g/mol. The molecular formula is C20H21N3O3. The lowest BCUT2D eigenvalue weighted by Crippen LogP contribution is -2.31. The van der Waals surface area contributed by atoms with Crippen molar-refractivity contribution in [2.75, 3.05) is 20.2 Å². The van der Waals surface area contributed by atoms with Crippen LogP contribution >= 0.6 is 0 Å². The maximum absolute atomic E-state index is 12.8. The third kappa shape index (κ3) is 3.22. The fourth-order valence-electron chi connectivity index (χ4n) is 3.28. The molecule has 3 heterocycles. The summed E-state index contributed by atoms with van der Waals surface area (Å²) in [7, 11) is 1.63. The van der Waals surface area contributed by atoms with E-state index in [4.69, 9.17) is 9.47 Å². The lowest BCUT2D eigenvalue weighted by Gasteiger charge is -2.16. The van der Waals surface area contributed by atoms with Crippen LogP contribution < -0.4 is 9.47 Å². The summed E-state index contributed by atoms with van der Waals surface area (Å²) in [6, 6.07) is 13.3. The van der Waals surface area contributed by atoms with Gasteiger partial charge < -0.3 is 19.4 Å². The number of nitrogens with zero attached hydrogens (tertiary/aromatic N) is 2. The Morgan fingerprint density at radius 2 is 2.15 bits per heavy atom. The maximum Gasteiger partial charge on any atom is 0.270 e. The van der Waals surface area contributed by atoms with Crippen LogP contribution in [0.5, 0.6) is 11.6 Å². The van der Waals surface area contributed by atoms with Gasteiger partial charge in [-0.3, -0.25) is 4.79 Å². The molecule has 1 aliphatic rings. The number of carbonyl (C=O) groups is 1. The van der Waals surface area contributed by atoms with Crippen LogP contribution in [0.15, 0.2) is 42.5 Å². The van der Waals surface area contributed by atoms with Crippen LogP contribution in [-0.4, -0.2) is 47.1 Å². The summed E-state index contributed by atoms with van der Waals surface area (Å²) in [4.78, 5) is 22.2. The third-order valence-corrected chi connectivity index (χ3v) is 4.64. The highest BCUT2D eigenvalue weighted by atomic mass is 16.5. The number of rotatable bonds is 4. The predicted molar refractivity (Wildman–Crippen MR) is 98.8 cm³/mol. The first-order valence-corrected chi connectivity index (χ1v) is 8.69. The Morgan fingerprint density at radius 3 is 2.96 bits per heavy atom. The molecule has 0 radical (unpaired) electrons. The highest BCUT2D eigenvalue weighted by molar-refractivity contribution is 5.98. The van der Waals surface area contributed by atoms with E-state index >= 15 is 0 Å². The number of ether oxygens (including phenoxy) is 2. The van der Waals surface area contributed by atoms with Crippen molar-refractivity contribution in [2.24, 2.45) is 0 Å². The van der Waals surface area contributed by atoms with Crippen LogP contribution in [-0.2, 0) is 0 Å². The Bertz CT molecular complexity index is 950. The zero-order valence-electron chi connectivity index (χ0n) is 14.9. The molecule has 26 heavy (non-hydrogen) atoms. The topological polar surface area (TPSA) is 67.4 Å². The first kappa shape index (κ1) is 16.4. The van der Waals surface area contributed by atoms with Crippen molar-refractivity contribution in [1.29, 1.82) is 0 Å². The third-order valence-electron chi connectivity index (χ3n) is 4.64. The Labute approximate surface area is 151 Å². The van der Waals surface area contributed by atoms with Gasteiger partial charge in [0.05, 0.1) is 13.7 Å². The van der Waals surface area contributed by atoms with Crippen LogP contribution in [0, 0.1) is 6.92 Å². The molecule has 6 nitrogen and oxygen atoms in total. The number of aromatic nitrogens is 2. The summed E-state index contributed by atoms with van der Waals surface area (Å²) in [5.41, 5.74) is 2.40. The number of hydrogen-bond donors (Lipinski definition) is 1. The number of hydrogen-bond acceptors (Lipinski definition) is 4. The van der Waals surface area contributed by atoms with Crippen LogP contribution in [0.2, 0.25) is 0 Å². The van der Waals surface area contributed by atoms with Crippen molar-refractivity contribution < 1.29 is 14.3 Å². The fraction of sp³-hybridized carbons (Fsp3) is 0.300. The summed E-state index contributed by atoms with van der Waals surface area (Å²) >= 11 is 0. The van der Waals surface area contributed by atoms with Crippen LogP contribution in [0.1, 0.15) is 22.6 Å². The molecule has 1 atom stereocenters. The van der Waals surface area contributed by atoms with E-state index in [0.717, 1.165) is 28.8 Å². The molecule has 1 unspecified atom stereocenters. The maximum atomic E-state index is 12.8. The first-order chi connectivity index (χ1) is 12.6. The largest absolute Gasteiger partial charge is 0.497 e. The zero-order chi connectivity index (χ0) is 18.1. The molecule has 1 saturated heterocycles. The Kier molecular flexibility index (Phi) is 4.24. The number of benzene rings is 1. The highest BCUT2D eigenvalue weighted by Crippen LogP contribution is 2.23. The fourth-order valence-corrected chi connectivity index (χ4v) is 3.28. The summed E-state index contributed by atoms with van der Waals surface area (Å²) in [6.07, 6.45) is 0.771. The standard InChI is InChI=1S/C20H21N3O3/c1-13-4-3-5-19(21-13)26-16-8-9-23(12-16)20(24)18-10-14-6-7-15(25-2)11-17(14)22-18/h3-7,10-11,16,22H,8-9,12H2,1-2H3. The Morgan fingerprint density at radius 1 is 1.27 bits per heavy atom. The number of carbonyl (C=O) groups excluding carboxylic acids is 1. The minimum Gasteiger partial charge on any atom is -0.497 e. The van der Waals surface area contributed by atoms with Gasteiger partial charge in [0, 0.05) is 41.7 Å². The SMILES string of the molecule is COc1ccc2cc(C(=O)N3CCC(Oc4cccc(C)n4)C3)[nH]c2c1. The molecule has 4 rings (SSSR count). The summed E-state index contributed by atoms with van der Waals surface area (Å²) < 4.78 is 11.2. The molecule has 1 fully saturated rings. The van der Waals surface area contributed by atoms with Gasteiger partial charge >= 0.3 is 0 Å². The highest BCUT2D eigenvalue weighted by Gasteiger charge is 2.29. The molecule has 3 aromatic rings. The van der Waals surface area contributed by atoms with Gasteiger partial charge in [-0.05, 0) is 31.2 Å². The zero-order valence-corrected chi connectivity index (χ0v) is 14.9. The van der Waals surface area contributed by atoms with Gasteiger partial charge in [0.2, 0.25) is 5.88 Å². The summed E-state index contributed by atoms with van der Waals surface area (Å²) in [5, 5.41) is 0.991. The van der Waals surface area contributed by atoms with E-state index in [1.807, 2.05) is 54.3 Å². The second kappa shape index (κ2) is 6.71. The van der Waals surface area contributed by atoms with E-state index in [2.05, 4.69) is 9.97 Å². The molecule has 0 aliphatic carbocycles. The number of aryl methyl sites for hydroxylation is 1. The molecule has 0 bridgehead atoms. The first-order valence-electron chi connectivity index (χ1n) is 8.69. The van der Waals surface area contributed by atoms with Crippen molar-refractivity contribution in [2.45, 2.75) is 19.4 Å². The average molecular weight is 351 g/mol. The van der Waals surface area contributed by atoms with E-state index in [0.29, 0.717) is 24.7 Å². The Hall–Kier alpha value is -3.02. The molecule has 1 N–H and O–H groups in total. The van der Waals surface area contributed by atoms with Gasteiger partial charge in [-0.25, -0.2) is 4.98 Å². The molecule has 1 amide bonds. The smallest absolute Gasteiger partial charge is 0.270 e. The molecule has 2 aromatic heterocycles. The number of aromatic amines is 1. The van der Waals surface area contributed by atoms with Gasteiger partial charge in [-0.15, -0.1) is 0 Å². The van der Waals surface area contributed by atoms with Crippen molar-refractivity contribution in [3.05, 3.63) is 53.9 Å². The number of fused-ring (bicyclic) bond motifs is 1. The van der Waals surface area contributed by atoms with Crippen molar-refractivity contribution in [3.63, 3.8) is 0 Å². The van der Waals surface area contributed by atoms with Gasteiger partial charge in [0.25, 0.3) is 5.91 Å². The van der Waals surface area contributed by atoms with Crippen LogP contribution in [0.3, 0.4) is 0 Å². The van der Waals surface area contributed by atoms with E-state index in [1.54, 1.807) is 7.11 Å². The van der Waals surface area contributed by atoms with E-state index in [-0.39, 0.29) is 12.0 Å². The molecule has 0 spiro atoms. The van der Waals surface area contributed by atoms with Gasteiger partial charge in [-0.2, -0.15) is 0 Å². The van der Waals surface area contributed by atoms with E-state index < -0.39 is 0 Å². The molecule has 0 saturated carbocycles. The number of likely N-dealkylation sites (tertiary alicyclic amines) is 1. The monoisotopic (exact) mass is 351 g/mol. The molecule has 6 heteroatoms. The minimum absolute atomic E-state index is 0.0107. The lowest BCUT2D eigenvalue weighted by molar-refractivity contribution is 0.0766. The van der Waals surface area contributed by atoms with E-state index in [1.165, 1.54) is 0 Å². The molecule has 134 valence electrons. The van der Waals surface area contributed by atoms with Crippen molar-refractivity contribution >= 4 is 16.8 Å². The van der Waals surface area contributed by atoms with Gasteiger partial charge in [-0.1, -0.05) is 6.07 Å². The van der Waals surface area contributed by atoms with Crippen LogP contribution in [0.25, 0.3) is 10.9 Å². The number of pyridine rings is 1. The number of amides is 1. The average Bonchev–Trinajstić information content (AvgIpc) is 3.27. The van der Waals surface area contributed by atoms with Gasteiger partial charge in [0.1, 0.15) is 17.5 Å². The summed E-state index contributed by atoms with van der Waals surface area (Å²) in [6.45, 7) is 3.17. The minimum atomic E-state index is -0.0299. The molecule has 1 aromatic carbocycles. The number of methoxy groups -OCH3 is 1. The summed E-state index contributed by atoms with van der Waals surface area (Å²) in [5.74, 6) is 1.36. The lowest BCUT2D eigenvalue weighted by atomic mass is 10.2. The number of nitrogens with one attached hydrogen (secondary N) is 1. The van der Waals surface area contributed by atoms with Crippen molar-refractivity contribution in [1.82, 2.24) is 14.9 Å². The van der Waals surface area contributed by atoms with E-state index in [9.17, 15) is 4.79 Å². The van der Waals surface area contributed by atoms with Gasteiger partial charge in [0.15, 0.2) is 0 Å².